The van der Waals surface area contributed by atoms with Crippen LogP contribution in [0.3, 0.4) is 0 Å². The van der Waals surface area contributed by atoms with Crippen molar-refractivity contribution in [3.63, 3.8) is 0 Å². The van der Waals surface area contributed by atoms with Gasteiger partial charge >= 0.3 is 6.09 Å². The van der Waals surface area contributed by atoms with Gasteiger partial charge in [-0.2, -0.15) is 5.10 Å². The van der Waals surface area contributed by atoms with Crippen molar-refractivity contribution in [3.05, 3.63) is 36.0 Å². The number of para-hydroxylation sites is 1. The largest absolute Gasteiger partial charge is 0.417 e. The molecule has 1 aromatic heterocycles. The molecule has 1 aromatic carbocycles. The number of amides is 1. The number of aryl methyl sites for hydroxylation is 1. The molecular weight excluding hydrogens is 220 g/mol. The van der Waals surface area contributed by atoms with Crippen LogP contribution in [-0.2, 0) is 0 Å². The number of nitrogens with two attached hydrogens (primary N) is 1. The zero-order valence-electron chi connectivity index (χ0n) is 9.23. The molecule has 2 aromatic rings. The Balaban J connectivity index is 2.03. The Morgan fingerprint density at radius 2 is 2.12 bits per heavy atom. The van der Waals surface area contributed by atoms with Crippen LogP contribution in [0.25, 0.3) is 0 Å². The summed E-state index contributed by atoms with van der Waals surface area (Å²) >= 11 is 0. The van der Waals surface area contributed by atoms with Crippen LogP contribution in [0.4, 0.5) is 16.3 Å². The monoisotopic (exact) mass is 232 g/mol. The van der Waals surface area contributed by atoms with Crippen molar-refractivity contribution in [2.45, 2.75) is 6.92 Å². The first kappa shape index (κ1) is 11.0. The topological polar surface area (TPSA) is 93.0 Å². The summed E-state index contributed by atoms with van der Waals surface area (Å²) in [6, 6.07) is 8.76. The lowest BCUT2D eigenvalue weighted by molar-refractivity contribution is 0.215. The van der Waals surface area contributed by atoms with Gasteiger partial charge in [-0.25, -0.2) is 4.79 Å². The fraction of sp³-hybridized carbons (Fsp3) is 0.0909. The summed E-state index contributed by atoms with van der Waals surface area (Å²) in [4.78, 5) is 11.6. The lowest BCUT2D eigenvalue weighted by atomic mass is 10.3. The molecule has 1 amide bonds. The molecular formula is C11H12N4O2. The summed E-state index contributed by atoms with van der Waals surface area (Å²) in [6.07, 6.45) is -0.604. The van der Waals surface area contributed by atoms with Crippen LogP contribution >= 0.6 is 0 Å². The van der Waals surface area contributed by atoms with Crippen LogP contribution in [0.15, 0.2) is 30.3 Å². The van der Waals surface area contributed by atoms with Gasteiger partial charge in [0.2, 0.25) is 0 Å². The standard InChI is InChI=1S/C11H12N4O2/c1-7-9(10(12)15-14-7)13-11(16)17-8-5-3-2-4-6-8/h2-6H,1H3,(H,13,16)(H3,12,14,15). The van der Waals surface area contributed by atoms with Crippen LogP contribution in [-0.4, -0.2) is 16.3 Å². The number of carbonyl (C=O) groups excluding carboxylic acids is 1. The van der Waals surface area contributed by atoms with E-state index in [1.807, 2.05) is 6.07 Å². The first-order valence-electron chi connectivity index (χ1n) is 5.01. The Labute approximate surface area is 97.8 Å². The van der Waals surface area contributed by atoms with Crippen LogP contribution in [0.2, 0.25) is 0 Å². The summed E-state index contributed by atoms with van der Waals surface area (Å²) in [6.45, 7) is 1.73. The summed E-state index contributed by atoms with van der Waals surface area (Å²) in [5, 5.41) is 8.95. The number of carbonyl (C=O) groups is 1. The molecule has 6 heteroatoms. The fourth-order valence-electron chi connectivity index (χ4n) is 1.33. The van der Waals surface area contributed by atoms with Gasteiger partial charge < -0.3 is 10.5 Å². The van der Waals surface area contributed by atoms with Gasteiger partial charge in [-0.15, -0.1) is 0 Å². The molecule has 1 heterocycles. The maximum absolute atomic E-state index is 11.6. The SMILES string of the molecule is Cc1n[nH]c(N)c1NC(=O)Oc1ccccc1. The number of anilines is 2. The van der Waals surface area contributed by atoms with E-state index in [1.165, 1.54) is 0 Å². The molecule has 0 saturated heterocycles. The van der Waals surface area contributed by atoms with Crippen molar-refractivity contribution in [1.82, 2.24) is 10.2 Å². The Morgan fingerprint density at radius 3 is 2.71 bits per heavy atom. The number of nitrogens with one attached hydrogen (secondary N) is 2. The second-order valence-corrected chi connectivity index (χ2v) is 3.43. The first-order chi connectivity index (χ1) is 8.16. The normalized spacial score (nSPS) is 9.94. The first-order valence-corrected chi connectivity index (χ1v) is 5.01. The van der Waals surface area contributed by atoms with Crippen LogP contribution in [0.5, 0.6) is 5.75 Å². The average Bonchev–Trinajstić information content (AvgIpc) is 2.62. The van der Waals surface area contributed by atoms with E-state index in [9.17, 15) is 4.79 Å². The Morgan fingerprint density at radius 1 is 1.41 bits per heavy atom. The molecule has 0 radical (unpaired) electrons. The molecule has 0 atom stereocenters. The molecule has 88 valence electrons. The summed E-state index contributed by atoms with van der Waals surface area (Å²) in [5.74, 6) is 0.761. The van der Waals surface area contributed by atoms with Gasteiger partial charge in [0.05, 0.1) is 5.69 Å². The second kappa shape index (κ2) is 4.56. The van der Waals surface area contributed by atoms with E-state index >= 15 is 0 Å². The molecule has 0 aliphatic carbocycles. The molecule has 0 aliphatic rings. The van der Waals surface area contributed by atoms with Crippen molar-refractivity contribution in [1.29, 1.82) is 0 Å². The number of aromatic nitrogens is 2. The van der Waals surface area contributed by atoms with Crippen molar-refractivity contribution < 1.29 is 9.53 Å². The fourth-order valence-corrected chi connectivity index (χ4v) is 1.33. The molecule has 0 saturated carbocycles. The number of H-pyrrole nitrogens is 1. The lowest BCUT2D eigenvalue weighted by Crippen LogP contribution is -2.17. The van der Waals surface area contributed by atoms with Gasteiger partial charge in [-0.1, -0.05) is 18.2 Å². The third-order valence-electron chi connectivity index (χ3n) is 2.16. The quantitative estimate of drug-likeness (QED) is 0.737. The molecule has 6 nitrogen and oxygen atoms in total. The molecule has 0 fully saturated rings. The number of benzene rings is 1. The Kier molecular flexibility index (Phi) is 2.95. The third-order valence-corrected chi connectivity index (χ3v) is 2.16. The molecule has 4 N–H and O–H groups in total. The van der Waals surface area contributed by atoms with E-state index in [-0.39, 0.29) is 0 Å². The minimum atomic E-state index is -0.604. The highest BCUT2D eigenvalue weighted by Crippen LogP contribution is 2.19. The van der Waals surface area contributed by atoms with Gasteiger partial charge in [0.1, 0.15) is 17.3 Å². The number of nitrogen functional groups attached to an aromatic ring is 1. The summed E-state index contributed by atoms with van der Waals surface area (Å²) < 4.78 is 5.05. The Bertz CT molecular complexity index is 502. The smallest absolute Gasteiger partial charge is 0.410 e. The molecule has 2 rings (SSSR count). The van der Waals surface area contributed by atoms with E-state index in [0.717, 1.165) is 0 Å². The van der Waals surface area contributed by atoms with Crippen molar-refractivity contribution in [3.8, 4) is 5.75 Å². The number of hydrogen-bond donors (Lipinski definition) is 3. The van der Waals surface area contributed by atoms with Gasteiger partial charge in [0, 0.05) is 0 Å². The number of ether oxygens (including phenoxy) is 1. The molecule has 0 spiro atoms. The van der Waals surface area contributed by atoms with Gasteiger partial charge in [-0.05, 0) is 19.1 Å². The molecule has 0 aliphatic heterocycles. The number of aromatic amines is 1. The second-order valence-electron chi connectivity index (χ2n) is 3.43. The van der Waals surface area contributed by atoms with E-state index < -0.39 is 6.09 Å². The van der Waals surface area contributed by atoms with Crippen LogP contribution in [0.1, 0.15) is 5.69 Å². The minimum absolute atomic E-state index is 0.299. The highest BCUT2D eigenvalue weighted by Gasteiger charge is 2.11. The highest BCUT2D eigenvalue weighted by atomic mass is 16.6. The van der Waals surface area contributed by atoms with E-state index in [4.69, 9.17) is 10.5 Å². The summed E-state index contributed by atoms with van der Waals surface area (Å²) in [7, 11) is 0. The van der Waals surface area contributed by atoms with E-state index in [2.05, 4.69) is 15.5 Å². The number of nitrogens with zero attached hydrogens (tertiary/aromatic N) is 1. The molecule has 0 unspecified atom stereocenters. The number of hydrogen-bond acceptors (Lipinski definition) is 4. The molecule has 17 heavy (non-hydrogen) atoms. The van der Waals surface area contributed by atoms with Gasteiger partial charge in [-0.3, -0.25) is 10.4 Å². The minimum Gasteiger partial charge on any atom is -0.410 e. The maximum Gasteiger partial charge on any atom is 0.417 e. The van der Waals surface area contributed by atoms with Gasteiger partial charge in [0.25, 0.3) is 0 Å². The highest BCUT2D eigenvalue weighted by molar-refractivity contribution is 5.90. The third kappa shape index (κ3) is 2.54. The Hall–Kier alpha value is -2.50. The zero-order chi connectivity index (χ0) is 12.3. The van der Waals surface area contributed by atoms with E-state index in [0.29, 0.717) is 22.9 Å². The molecule has 0 bridgehead atoms. The van der Waals surface area contributed by atoms with Crippen LogP contribution in [0, 0.1) is 6.92 Å². The lowest BCUT2D eigenvalue weighted by Gasteiger charge is -2.05. The van der Waals surface area contributed by atoms with Crippen molar-refractivity contribution in [2.24, 2.45) is 0 Å². The van der Waals surface area contributed by atoms with Crippen LogP contribution < -0.4 is 15.8 Å². The average molecular weight is 232 g/mol. The predicted molar refractivity (Wildman–Crippen MR) is 63.8 cm³/mol. The predicted octanol–water partition coefficient (Wildman–Crippen LogP) is 1.91. The maximum atomic E-state index is 11.6. The van der Waals surface area contributed by atoms with Gasteiger partial charge in [0.15, 0.2) is 0 Å². The summed E-state index contributed by atoms with van der Waals surface area (Å²) in [5.41, 5.74) is 6.63. The van der Waals surface area contributed by atoms with Crippen molar-refractivity contribution in [2.75, 3.05) is 11.1 Å². The zero-order valence-corrected chi connectivity index (χ0v) is 9.23. The van der Waals surface area contributed by atoms with E-state index in [1.54, 1.807) is 31.2 Å². The van der Waals surface area contributed by atoms with Crippen molar-refractivity contribution >= 4 is 17.6 Å². The number of rotatable bonds is 2.